The van der Waals surface area contributed by atoms with E-state index in [4.69, 9.17) is 33.7 Å². The SMILES string of the molecule is COC(=O)NC(C(=O)N1CCC[C@H]1c1ncc(-c2cc(C)c3c(c2)OC(c2ccc4c(c2)OCCC4)n2c-3cc3cc(-c4cnc([C@@H]5CCCN5C(=O)C(NC(=O)OC)C5C[C@@H](C)O[C@@H](C)C5)[nH]4)ccc32)[nH]1)C(C)C. The molecule has 0 bridgehead atoms. The Morgan fingerprint density at radius 2 is 1.43 bits per heavy atom. The van der Waals surface area contributed by atoms with E-state index < -0.39 is 30.5 Å². The molecular weight excluding hydrogens is 955 g/mol. The van der Waals surface area contributed by atoms with Crippen molar-refractivity contribution in [3.8, 4) is 45.3 Å². The molecule has 394 valence electrons. The van der Waals surface area contributed by atoms with Gasteiger partial charge in [-0.2, -0.15) is 0 Å². The summed E-state index contributed by atoms with van der Waals surface area (Å²) in [6.07, 6.45) is 8.13. The van der Waals surface area contributed by atoms with Gasteiger partial charge in [0, 0.05) is 40.7 Å². The first-order valence-corrected chi connectivity index (χ1v) is 26.5. The molecule has 0 spiro atoms. The molecule has 8 heterocycles. The van der Waals surface area contributed by atoms with Crippen LogP contribution in [-0.4, -0.2) is 117 Å². The van der Waals surface area contributed by atoms with E-state index in [2.05, 4.69) is 86.7 Å². The Labute approximate surface area is 436 Å². The average molecular weight is 1020 g/mol. The zero-order valence-electron chi connectivity index (χ0n) is 43.7. The predicted molar refractivity (Wildman–Crippen MR) is 280 cm³/mol. The number of imidazole rings is 2. The van der Waals surface area contributed by atoms with Crippen molar-refractivity contribution >= 4 is 34.9 Å². The van der Waals surface area contributed by atoms with Gasteiger partial charge < -0.3 is 58.7 Å². The van der Waals surface area contributed by atoms with Gasteiger partial charge in [0.05, 0.1) is 80.1 Å². The summed E-state index contributed by atoms with van der Waals surface area (Å²) in [5.74, 6) is 2.45. The number of likely N-dealkylation sites (tertiary alicyclic amines) is 2. The highest BCUT2D eigenvalue weighted by molar-refractivity contribution is 5.93. The topological polar surface area (TPSA) is 207 Å². The van der Waals surface area contributed by atoms with Crippen LogP contribution < -0.4 is 20.1 Å². The summed E-state index contributed by atoms with van der Waals surface area (Å²) in [6, 6.07) is 17.2. The number of aromatic nitrogens is 5. The number of hydrogen-bond acceptors (Lipinski definition) is 11. The molecule has 3 saturated heterocycles. The van der Waals surface area contributed by atoms with Crippen molar-refractivity contribution in [3.63, 3.8) is 0 Å². The average Bonchev–Trinajstić information content (AvgIpc) is 4.30. The second kappa shape index (κ2) is 20.4. The Morgan fingerprint density at radius 3 is 2.11 bits per heavy atom. The van der Waals surface area contributed by atoms with E-state index in [1.54, 1.807) is 0 Å². The monoisotopic (exact) mass is 1020 g/mol. The Kier molecular flexibility index (Phi) is 13.6. The molecule has 75 heavy (non-hydrogen) atoms. The maximum Gasteiger partial charge on any atom is 0.407 e. The van der Waals surface area contributed by atoms with Gasteiger partial charge in [0.1, 0.15) is 35.2 Å². The van der Waals surface area contributed by atoms with Crippen LogP contribution in [0.4, 0.5) is 9.59 Å². The van der Waals surface area contributed by atoms with E-state index in [-0.39, 0.29) is 47.9 Å². The van der Waals surface area contributed by atoms with Crippen molar-refractivity contribution in [2.45, 2.75) is 129 Å². The smallest absolute Gasteiger partial charge is 0.407 e. The first kappa shape index (κ1) is 49.9. The molecule has 3 aromatic heterocycles. The lowest BCUT2D eigenvalue weighted by molar-refractivity contribution is -0.138. The largest absolute Gasteiger partial charge is 0.493 e. The zero-order valence-corrected chi connectivity index (χ0v) is 43.7. The zero-order chi connectivity index (χ0) is 52.2. The maximum absolute atomic E-state index is 14.5. The highest BCUT2D eigenvalue weighted by Crippen LogP contribution is 2.49. The fraction of sp³-hybridized carbons (Fsp3) is 0.474. The molecule has 18 heteroatoms. The van der Waals surface area contributed by atoms with Crippen LogP contribution in [0.2, 0.25) is 0 Å². The number of amides is 4. The number of methoxy groups -OCH3 is 2. The third-order valence-corrected chi connectivity index (χ3v) is 15.9. The number of H-pyrrole nitrogens is 2. The first-order valence-electron chi connectivity index (χ1n) is 26.5. The predicted octanol–water partition coefficient (Wildman–Crippen LogP) is 9.30. The number of alkyl carbamates (subject to hydrolysis) is 2. The molecule has 11 rings (SSSR count). The van der Waals surface area contributed by atoms with Gasteiger partial charge in [-0.1, -0.05) is 32.0 Å². The van der Waals surface area contributed by atoms with Gasteiger partial charge in [-0.15, -0.1) is 0 Å². The molecular formula is C57H67N9O9. The molecule has 3 fully saturated rings. The summed E-state index contributed by atoms with van der Waals surface area (Å²) in [5.41, 5.74) is 9.61. The van der Waals surface area contributed by atoms with E-state index in [1.165, 1.54) is 19.8 Å². The fourth-order valence-corrected chi connectivity index (χ4v) is 12.4. The van der Waals surface area contributed by atoms with Crippen LogP contribution in [0.3, 0.4) is 0 Å². The summed E-state index contributed by atoms with van der Waals surface area (Å²) in [6.45, 7) is 11.7. The summed E-state index contributed by atoms with van der Waals surface area (Å²) in [5, 5.41) is 6.64. The Morgan fingerprint density at radius 1 is 0.760 bits per heavy atom. The normalized spacial score (nSPS) is 22.9. The van der Waals surface area contributed by atoms with Crippen LogP contribution in [0.15, 0.2) is 67.0 Å². The second-order valence-corrected chi connectivity index (χ2v) is 21.3. The highest BCUT2D eigenvalue weighted by atomic mass is 16.5. The summed E-state index contributed by atoms with van der Waals surface area (Å²) in [4.78, 5) is 73.8. The molecule has 0 aliphatic carbocycles. The molecule has 5 aliphatic heterocycles. The second-order valence-electron chi connectivity index (χ2n) is 21.3. The van der Waals surface area contributed by atoms with E-state index >= 15 is 0 Å². The number of fused-ring (bicyclic) bond motifs is 6. The van der Waals surface area contributed by atoms with Crippen LogP contribution in [0.25, 0.3) is 44.7 Å². The van der Waals surface area contributed by atoms with Crippen LogP contribution >= 0.6 is 0 Å². The van der Waals surface area contributed by atoms with Crippen molar-refractivity contribution in [2.75, 3.05) is 33.9 Å². The third kappa shape index (κ3) is 9.46. The van der Waals surface area contributed by atoms with E-state index in [9.17, 15) is 19.2 Å². The van der Waals surface area contributed by atoms with Crippen molar-refractivity contribution < 1.29 is 42.9 Å². The van der Waals surface area contributed by atoms with Crippen molar-refractivity contribution in [1.29, 1.82) is 0 Å². The number of ether oxygens (including phenoxy) is 5. The molecule has 0 radical (unpaired) electrons. The number of hydrogen-bond donors (Lipinski definition) is 4. The van der Waals surface area contributed by atoms with Crippen LogP contribution in [0.1, 0.15) is 119 Å². The summed E-state index contributed by atoms with van der Waals surface area (Å²) < 4.78 is 31.5. The minimum atomic E-state index is -0.751. The quantitative estimate of drug-likeness (QED) is 0.0962. The number of benzene rings is 3. The molecule has 3 aromatic carbocycles. The molecule has 5 aliphatic rings. The molecule has 4 N–H and O–H groups in total. The Balaban J connectivity index is 0.908. The van der Waals surface area contributed by atoms with Crippen LogP contribution in [-0.2, 0) is 30.2 Å². The van der Waals surface area contributed by atoms with Crippen molar-refractivity contribution in [1.82, 2.24) is 44.9 Å². The van der Waals surface area contributed by atoms with Gasteiger partial charge in [0.2, 0.25) is 18.0 Å². The summed E-state index contributed by atoms with van der Waals surface area (Å²) in [7, 11) is 2.61. The third-order valence-electron chi connectivity index (χ3n) is 15.9. The lowest BCUT2D eigenvalue weighted by Gasteiger charge is -2.38. The first-order chi connectivity index (χ1) is 36.3. The lowest BCUT2D eigenvalue weighted by atomic mass is 9.85. The summed E-state index contributed by atoms with van der Waals surface area (Å²) >= 11 is 0. The minimum absolute atomic E-state index is 0.0379. The number of rotatable bonds is 11. The Bertz CT molecular complexity index is 3150. The standard InChI is InChI=1S/C57H67N9O9/c1-30(2)49(62-56(69)71-6)53(67)64-18-8-12-43(64)52-59-29-41(61-52)37-21-31(3)48-45-25-38-24-35(16-17-42(38)66(45)55(75-47(48)27-37)36-15-14-34-11-10-20-73-46(34)26-36)40-28-58-51(60-40)44-13-9-19-65(44)54(68)50(63-57(70)72-7)39-22-32(4)74-33(5)23-39/h14-17,21,24-30,32-33,39,43-44,49-50,55H,8-13,18-20,22-23H2,1-7H3,(H,58,60)(H,59,61)(H,62,69)(H,63,70)/t32-,33+,39?,43-,44-,49?,50?,55?/m0/s1. The van der Waals surface area contributed by atoms with Crippen molar-refractivity contribution in [3.05, 3.63) is 95.3 Å². The number of carbonyl (C=O) groups is 4. The van der Waals surface area contributed by atoms with E-state index in [0.29, 0.717) is 44.2 Å². The van der Waals surface area contributed by atoms with Gasteiger partial charge >= 0.3 is 12.2 Å². The molecule has 4 amide bonds. The Hall–Kier alpha value is -7.34. The highest BCUT2D eigenvalue weighted by Gasteiger charge is 2.43. The van der Waals surface area contributed by atoms with Crippen molar-refractivity contribution in [2.24, 2.45) is 11.8 Å². The molecule has 4 unspecified atom stereocenters. The lowest BCUT2D eigenvalue weighted by Crippen LogP contribution is -2.54. The number of nitrogens with zero attached hydrogens (tertiary/aromatic N) is 5. The molecule has 18 nitrogen and oxygen atoms in total. The molecule has 8 atom stereocenters. The van der Waals surface area contributed by atoms with E-state index in [0.717, 1.165) is 106 Å². The van der Waals surface area contributed by atoms with Gasteiger partial charge in [-0.05, 0) is 131 Å². The minimum Gasteiger partial charge on any atom is -0.493 e. The number of carbonyl (C=O) groups excluding carboxylic acids is 4. The van der Waals surface area contributed by atoms with Gasteiger partial charge in [-0.3, -0.25) is 9.59 Å². The fourth-order valence-electron chi connectivity index (χ4n) is 12.4. The van der Waals surface area contributed by atoms with Crippen LogP contribution in [0.5, 0.6) is 11.5 Å². The molecule has 0 saturated carbocycles. The maximum atomic E-state index is 14.5. The van der Waals surface area contributed by atoms with Gasteiger partial charge in [-0.25, -0.2) is 19.6 Å². The van der Waals surface area contributed by atoms with Gasteiger partial charge in [0.15, 0.2) is 0 Å². The van der Waals surface area contributed by atoms with E-state index in [1.807, 2.05) is 49.9 Å². The number of aromatic amines is 2. The van der Waals surface area contributed by atoms with Crippen LogP contribution in [0, 0.1) is 18.8 Å². The number of aryl methyl sites for hydroxylation is 2. The van der Waals surface area contributed by atoms with Gasteiger partial charge in [0.25, 0.3) is 0 Å². The number of nitrogens with one attached hydrogen (secondary N) is 4. The molecule has 6 aromatic rings.